The zero-order valence-electron chi connectivity index (χ0n) is 5.62. The van der Waals surface area contributed by atoms with Gasteiger partial charge in [0.25, 0.3) is 6.43 Å². The summed E-state index contributed by atoms with van der Waals surface area (Å²) in [6.07, 6.45) is -2.36. The maximum absolute atomic E-state index is 11.6. The molecule has 0 unspecified atom stereocenters. The molecule has 0 aromatic rings. The standard InChI is InChI=1S/C6H11F2N/c1-4(2)3-5(9)6(7)8/h4,6,9H,3H2,1-2H3. The minimum absolute atomic E-state index is 0.159. The van der Waals surface area contributed by atoms with Crippen molar-refractivity contribution in [2.75, 3.05) is 0 Å². The SMILES string of the molecule is CC(C)CC(=N)C(F)F. The fourth-order valence-corrected chi connectivity index (χ4v) is 0.529. The summed E-state index contributed by atoms with van der Waals surface area (Å²) in [5.41, 5.74) is -0.454. The van der Waals surface area contributed by atoms with E-state index in [9.17, 15) is 8.78 Å². The van der Waals surface area contributed by atoms with E-state index in [1.807, 2.05) is 13.8 Å². The number of hydrogen-bond acceptors (Lipinski definition) is 1. The lowest BCUT2D eigenvalue weighted by Crippen LogP contribution is -2.11. The van der Waals surface area contributed by atoms with Crippen LogP contribution in [0.3, 0.4) is 0 Å². The Morgan fingerprint density at radius 3 is 2.00 bits per heavy atom. The quantitative estimate of drug-likeness (QED) is 0.574. The Kier molecular flexibility index (Phi) is 3.35. The first kappa shape index (κ1) is 8.53. The molecule has 1 nitrogen and oxygen atoms in total. The van der Waals surface area contributed by atoms with E-state index in [1.54, 1.807) is 0 Å². The zero-order valence-corrected chi connectivity index (χ0v) is 5.62. The normalized spacial score (nSPS) is 10.9. The number of rotatable bonds is 3. The average molecular weight is 135 g/mol. The molecule has 0 heterocycles. The Morgan fingerprint density at radius 2 is 1.89 bits per heavy atom. The fourth-order valence-electron chi connectivity index (χ4n) is 0.529. The van der Waals surface area contributed by atoms with Crippen LogP contribution in [-0.2, 0) is 0 Å². The molecule has 0 amide bonds. The molecule has 3 heteroatoms. The van der Waals surface area contributed by atoms with E-state index in [0.717, 1.165) is 0 Å². The molecule has 9 heavy (non-hydrogen) atoms. The second kappa shape index (κ2) is 3.54. The van der Waals surface area contributed by atoms with E-state index in [2.05, 4.69) is 0 Å². The molecule has 54 valence electrons. The summed E-state index contributed by atoms with van der Waals surface area (Å²) in [4.78, 5) is 0. The Morgan fingerprint density at radius 1 is 1.44 bits per heavy atom. The minimum Gasteiger partial charge on any atom is -0.304 e. The average Bonchev–Trinajstić information content (AvgIpc) is 1.63. The van der Waals surface area contributed by atoms with E-state index in [4.69, 9.17) is 5.41 Å². The van der Waals surface area contributed by atoms with Crippen molar-refractivity contribution in [3.63, 3.8) is 0 Å². The highest BCUT2D eigenvalue weighted by atomic mass is 19.3. The van der Waals surface area contributed by atoms with Gasteiger partial charge in [0.05, 0.1) is 5.71 Å². The summed E-state index contributed by atoms with van der Waals surface area (Å²) >= 11 is 0. The molecule has 0 aromatic carbocycles. The zero-order chi connectivity index (χ0) is 7.44. The summed E-state index contributed by atoms with van der Waals surface area (Å²) in [7, 11) is 0. The first-order chi connectivity index (χ1) is 4.04. The molecule has 0 saturated carbocycles. The van der Waals surface area contributed by atoms with Crippen LogP contribution in [0.4, 0.5) is 8.78 Å². The lowest BCUT2D eigenvalue weighted by Gasteiger charge is -2.03. The van der Waals surface area contributed by atoms with Gasteiger partial charge in [0.15, 0.2) is 0 Å². The molecular formula is C6H11F2N. The van der Waals surface area contributed by atoms with Gasteiger partial charge in [-0.25, -0.2) is 8.78 Å². The third-order valence-electron chi connectivity index (χ3n) is 0.892. The van der Waals surface area contributed by atoms with Gasteiger partial charge in [0.1, 0.15) is 0 Å². The van der Waals surface area contributed by atoms with Crippen molar-refractivity contribution in [1.29, 1.82) is 5.41 Å². The van der Waals surface area contributed by atoms with Crippen LogP contribution in [0.5, 0.6) is 0 Å². The second-order valence-corrected chi connectivity index (χ2v) is 2.42. The number of nitrogens with one attached hydrogen (secondary N) is 1. The smallest absolute Gasteiger partial charge is 0.275 e. The van der Waals surface area contributed by atoms with E-state index < -0.39 is 12.1 Å². The summed E-state index contributed by atoms with van der Waals surface area (Å²) in [5, 5.41) is 6.72. The van der Waals surface area contributed by atoms with Gasteiger partial charge in [-0.1, -0.05) is 13.8 Å². The Labute approximate surface area is 53.6 Å². The summed E-state index contributed by atoms with van der Waals surface area (Å²) in [6, 6.07) is 0. The predicted octanol–water partition coefficient (Wildman–Crippen LogP) is 2.32. The monoisotopic (exact) mass is 135 g/mol. The van der Waals surface area contributed by atoms with Crippen LogP contribution < -0.4 is 0 Å². The third-order valence-corrected chi connectivity index (χ3v) is 0.892. The van der Waals surface area contributed by atoms with Gasteiger partial charge in [-0.15, -0.1) is 0 Å². The van der Waals surface area contributed by atoms with Crippen molar-refractivity contribution in [1.82, 2.24) is 0 Å². The first-order valence-corrected chi connectivity index (χ1v) is 2.89. The van der Waals surface area contributed by atoms with Crippen LogP contribution >= 0.6 is 0 Å². The van der Waals surface area contributed by atoms with Gasteiger partial charge in [-0.05, 0) is 12.3 Å². The van der Waals surface area contributed by atoms with Crippen LogP contribution in [-0.4, -0.2) is 12.1 Å². The van der Waals surface area contributed by atoms with Crippen LogP contribution in [0.25, 0.3) is 0 Å². The lowest BCUT2D eigenvalue weighted by molar-refractivity contribution is 0.220. The fraction of sp³-hybridized carbons (Fsp3) is 0.833. The van der Waals surface area contributed by atoms with Crippen molar-refractivity contribution in [2.24, 2.45) is 5.92 Å². The summed E-state index contributed by atoms with van der Waals surface area (Å²) in [5.74, 6) is 0.159. The topological polar surface area (TPSA) is 23.9 Å². The first-order valence-electron chi connectivity index (χ1n) is 2.89. The molecule has 0 aromatic heterocycles. The number of alkyl halides is 2. The van der Waals surface area contributed by atoms with Gasteiger partial charge < -0.3 is 5.41 Å². The van der Waals surface area contributed by atoms with Crippen molar-refractivity contribution in [2.45, 2.75) is 26.7 Å². The third kappa shape index (κ3) is 4.06. The maximum atomic E-state index is 11.6. The van der Waals surface area contributed by atoms with Gasteiger partial charge in [-0.2, -0.15) is 0 Å². The minimum atomic E-state index is -2.56. The molecule has 0 spiro atoms. The molecule has 0 saturated heterocycles. The predicted molar refractivity (Wildman–Crippen MR) is 33.2 cm³/mol. The van der Waals surface area contributed by atoms with E-state index >= 15 is 0 Å². The summed E-state index contributed by atoms with van der Waals surface area (Å²) in [6.45, 7) is 3.63. The molecule has 0 aliphatic rings. The molecule has 0 atom stereocenters. The Hall–Kier alpha value is -0.470. The number of halogens is 2. The largest absolute Gasteiger partial charge is 0.304 e. The lowest BCUT2D eigenvalue weighted by atomic mass is 10.1. The van der Waals surface area contributed by atoms with Crippen molar-refractivity contribution < 1.29 is 8.78 Å². The molecule has 0 radical (unpaired) electrons. The summed E-state index contributed by atoms with van der Waals surface area (Å²) < 4.78 is 23.1. The van der Waals surface area contributed by atoms with Gasteiger partial charge in [0.2, 0.25) is 0 Å². The molecule has 0 fully saturated rings. The van der Waals surface area contributed by atoms with Gasteiger partial charge >= 0.3 is 0 Å². The van der Waals surface area contributed by atoms with Crippen LogP contribution in [0.1, 0.15) is 20.3 Å². The maximum Gasteiger partial charge on any atom is 0.275 e. The molecule has 1 N–H and O–H groups in total. The van der Waals surface area contributed by atoms with Crippen LogP contribution in [0.15, 0.2) is 0 Å². The second-order valence-electron chi connectivity index (χ2n) is 2.42. The van der Waals surface area contributed by atoms with E-state index in [0.29, 0.717) is 0 Å². The van der Waals surface area contributed by atoms with Crippen molar-refractivity contribution in [3.05, 3.63) is 0 Å². The highest BCUT2D eigenvalue weighted by molar-refractivity contribution is 5.84. The molecule has 0 rings (SSSR count). The van der Waals surface area contributed by atoms with Crippen LogP contribution in [0.2, 0.25) is 0 Å². The van der Waals surface area contributed by atoms with Crippen molar-refractivity contribution >= 4 is 5.71 Å². The highest BCUT2D eigenvalue weighted by Gasteiger charge is 2.11. The molecule has 0 bridgehead atoms. The van der Waals surface area contributed by atoms with Crippen LogP contribution in [0, 0.1) is 11.3 Å². The van der Waals surface area contributed by atoms with E-state index in [1.165, 1.54) is 0 Å². The van der Waals surface area contributed by atoms with Crippen molar-refractivity contribution in [3.8, 4) is 0 Å². The van der Waals surface area contributed by atoms with Gasteiger partial charge in [-0.3, -0.25) is 0 Å². The highest BCUT2D eigenvalue weighted by Crippen LogP contribution is 2.06. The van der Waals surface area contributed by atoms with E-state index in [-0.39, 0.29) is 12.3 Å². The van der Waals surface area contributed by atoms with Gasteiger partial charge in [0, 0.05) is 0 Å². The molecular weight excluding hydrogens is 124 g/mol. The number of hydrogen-bond donors (Lipinski definition) is 1. The Bertz CT molecular complexity index is 99.2. The Balaban J connectivity index is 3.51. The molecule has 0 aliphatic heterocycles. The molecule has 0 aliphatic carbocycles.